The second kappa shape index (κ2) is 4.34. The molecule has 0 amide bonds. The summed E-state index contributed by atoms with van der Waals surface area (Å²) in [5, 5.41) is 7.57. The summed E-state index contributed by atoms with van der Waals surface area (Å²) >= 11 is 0. The third kappa shape index (κ3) is 2.05. The number of nitrogens with zero attached hydrogens (tertiary/aromatic N) is 4. The van der Waals surface area contributed by atoms with Crippen LogP contribution in [0.25, 0.3) is 0 Å². The van der Waals surface area contributed by atoms with Gasteiger partial charge in [0.25, 0.3) is 0 Å². The highest BCUT2D eigenvalue weighted by Gasteiger charge is 2.07. The van der Waals surface area contributed by atoms with E-state index in [1.165, 1.54) is 0 Å². The normalized spacial score (nSPS) is 10.9. The van der Waals surface area contributed by atoms with Crippen molar-refractivity contribution in [3.8, 4) is 0 Å². The van der Waals surface area contributed by atoms with Gasteiger partial charge in [-0.2, -0.15) is 0 Å². The highest BCUT2D eigenvalue weighted by molar-refractivity contribution is 4.87. The molecular formula is C10H14N4O2. The molecule has 6 heteroatoms. The van der Waals surface area contributed by atoms with E-state index in [-0.39, 0.29) is 5.69 Å². The summed E-state index contributed by atoms with van der Waals surface area (Å²) in [6.07, 6.45) is 4.44. The predicted molar refractivity (Wildman–Crippen MR) is 57.1 cm³/mol. The molecule has 2 rings (SSSR count). The molecule has 16 heavy (non-hydrogen) atoms. The van der Waals surface area contributed by atoms with Crippen LogP contribution in [-0.2, 0) is 13.1 Å². The van der Waals surface area contributed by atoms with E-state index in [4.69, 9.17) is 4.42 Å². The molecule has 6 nitrogen and oxygen atoms in total. The molecule has 0 aliphatic carbocycles. The van der Waals surface area contributed by atoms with E-state index < -0.39 is 0 Å². The van der Waals surface area contributed by atoms with Crippen LogP contribution in [0.2, 0.25) is 0 Å². The minimum atomic E-state index is -0.0438. The molecule has 0 aromatic carbocycles. The fourth-order valence-corrected chi connectivity index (χ4v) is 1.53. The van der Waals surface area contributed by atoms with Crippen molar-refractivity contribution in [2.75, 3.05) is 0 Å². The molecular weight excluding hydrogens is 208 g/mol. The Labute approximate surface area is 92.5 Å². The van der Waals surface area contributed by atoms with Gasteiger partial charge in [0.05, 0.1) is 0 Å². The van der Waals surface area contributed by atoms with Gasteiger partial charge >= 0.3 is 5.69 Å². The van der Waals surface area contributed by atoms with Crippen LogP contribution in [0.1, 0.15) is 25.1 Å². The number of hydrogen-bond acceptors (Lipinski definition) is 4. The Kier molecular flexibility index (Phi) is 2.89. The van der Waals surface area contributed by atoms with Crippen LogP contribution in [0, 0.1) is 6.92 Å². The summed E-state index contributed by atoms with van der Waals surface area (Å²) in [6, 6.07) is 0. The van der Waals surface area contributed by atoms with E-state index in [9.17, 15) is 4.79 Å². The molecule has 0 aliphatic heterocycles. The lowest BCUT2D eigenvalue weighted by Gasteiger charge is -1.97. The quantitative estimate of drug-likeness (QED) is 0.767. The maximum Gasteiger partial charge on any atom is 0.328 e. The van der Waals surface area contributed by atoms with Crippen molar-refractivity contribution in [2.24, 2.45) is 0 Å². The van der Waals surface area contributed by atoms with Crippen LogP contribution in [0.3, 0.4) is 0 Å². The fourth-order valence-electron chi connectivity index (χ4n) is 1.53. The number of hydrogen-bond donors (Lipinski definition) is 0. The average Bonchev–Trinajstić information content (AvgIpc) is 2.80. The third-order valence-electron chi connectivity index (χ3n) is 2.26. The Balaban J connectivity index is 2.19. The van der Waals surface area contributed by atoms with E-state index in [1.54, 1.807) is 28.5 Å². The molecule has 0 unspecified atom stereocenters. The van der Waals surface area contributed by atoms with Gasteiger partial charge in [-0.25, -0.2) is 4.79 Å². The molecule has 86 valence electrons. The zero-order valence-electron chi connectivity index (χ0n) is 9.38. The smallest absolute Gasteiger partial charge is 0.328 e. The van der Waals surface area contributed by atoms with E-state index in [1.807, 2.05) is 6.92 Å². The molecule has 0 spiro atoms. The van der Waals surface area contributed by atoms with Gasteiger partial charge < -0.3 is 4.42 Å². The minimum absolute atomic E-state index is 0.0438. The molecule has 0 fully saturated rings. The highest BCUT2D eigenvalue weighted by atomic mass is 16.4. The molecule has 0 bridgehead atoms. The summed E-state index contributed by atoms with van der Waals surface area (Å²) in [5.74, 6) is 0.963. The van der Waals surface area contributed by atoms with Gasteiger partial charge in [-0.3, -0.25) is 9.13 Å². The first kappa shape index (κ1) is 10.7. The summed E-state index contributed by atoms with van der Waals surface area (Å²) < 4.78 is 8.45. The van der Waals surface area contributed by atoms with Gasteiger partial charge in [-0.05, 0) is 6.42 Å². The van der Waals surface area contributed by atoms with Crippen molar-refractivity contribution in [1.29, 1.82) is 0 Å². The molecule has 0 radical (unpaired) electrons. The predicted octanol–water partition coefficient (Wildman–Crippen LogP) is 0.800. The Morgan fingerprint density at radius 2 is 2.06 bits per heavy atom. The summed E-state index contributed by atoms with van der Waals surface area (Å²) in [7, 11) is 0. The average molecular weight is 222 g/mol. The largest absolute Gasteiger partial charge is 0.424 e. The highest BCUT2D eigenvalue weighted by Crippen LogP contribution is 1.99. The van der Waals surface area contributed by atoms with Crippen LogP contribution < -0.4 is 5.69 Å². The van der Waals surface area contributed by atoms with E-state index in [0.717, 1.165) is 13.0 Å². The van der Waals surface area contributed by atoms with E-state index in [0.29, 0.717) is 18.3 Å². The zero-order valence-corrected chi connectivity index (χ0v) is 9.38. The third-order valence-corrected chi connectivity index (χ3v) is 2.26. The van der Waals surface area contributed by atoms with Gasteiger partial charge in [-0.15, -0.1) is 10.2 Å². The molecule has 2 aromatic rings. The number of aromatic nitrogens is 4. The van der Waals surface area contributed by atoms with Crippen LogP contribution in [0.15, 0.2) is 21.6 Å². The van der Waals surface area contributed by atoms with Gasteiger partial charge in [0.1, 0.15) is 6.54 Å². The van der Waals surface area contributed by atoms with Crippen molar-refractivity contribution < 1.29 is 4.42 Å². The molecule has 2 aromatic heterocycles. The standard InChI is InChI=1S/C10H14N4O2/c1-3-4-13-5-6-14(10(13)15)7-9-12-11-8(2)16-9/h5-6H,3-4,7H2,1-2H3. The molecule has 0 saturated carbocycles. The second-order valence-electron chi connectivity index (χ2n) is 3.62. The maximum atomic E-state index is 11.8. The monoisotopic (exact) mass is 222 g/mol. The van der Waals surface area contributed by atoms with Crippen LogP contribution in [0.4, 0.5) is 0 Å². The van der Waals surface area contributed by atoms with Crippen molar-refractivity contribution in [3.05, 3.63) is 34.7 Å². The number of rotatable bonds is 4. The summed E-state index contributed by atoms with van der Waals surface area (Å²) in [5.41, 5.74) is -0.0438. The maximum absolute atomic E-state index is 11.8. The van der Waals surface area contributed by atoms with Crippen LogP contribution in [-0.4, -0.2) is 19.3 Å². The number of aryl methyl sites for hydroxylation is 2. The molecule has 0 saturated heterocycles. The Hall–Kier alpha value is -1.85. The SMILES string of the molecule is CCCn1ccn(Cc2nnc(C)o2)c1=O. The Bertz CT molecular complexity index is 523. The molecule has 0 atom stereocenters. The van der Waals surface area contributed by atoms with Gasteiger partial charge in [0.15, 0.2) is 0 Å². The zero-order chi connectivity index (χ0) is 11.5. The Morgan fingerprint density at radius 3 is 2.69 bits per heavy atom. The molecule has 0 aliphatic rings. The lowest BCUT2D eigenvalue weighted by atomic mass is 10.5. The van der Waals surface area contributed by atoms with Crippen LogP contribution >= 0.6 is 0 Å². The van der Waals surface area contributed by atoms with Crippen molar-refractivity contribution in [3.63, 3.8) is 0 Å². The fraction of sp³-hybridized carbons (Fsp3) is 0.500. The van der Waals surface area contributed by atoms with Gasteiger partial charge in [-0.1, -0.05) is 6.92 Å². The summed E-state index contributed by atoms with van der Waals surface area (Å²) in [4.78, 5) is 11.8. The molecule has 0 N–H and O–H groups in total. The Morgan fingerprint density at radius 1 is 1.31 bits per heavy atom. The van der Waals surface area contributed by atoms with E-state index >= 15 is 0 Å². The topological polar surface area (TPSA) is 65.8 Å². The van der Waals surface area contributed by atoms with Crippen molar-refractivity contribution in [2.45, 2.75) is 33.4 Å². The van der Waals surface area contributed by atoms with Crippen molar-refractivity contribution >= 4 is 0 Å². The number of imidazole rings is 1. The van der Waals surface area contributed by atoms with E-state index in [2.05, 4.69) is 10.2 Å². The lowest BCUT2D eigenvalue weighted by Crippen LogP contribution is -2.24. The molecule has 2 heterocycles. The lowest BCUT2D eigenvalue weighted by molar-refractivity contribution is 0.449. The first-order valence-corrected chi connectivity index (χ1v) is 5.25. The van der Waals surface area contributed by atoms with Gasteiger partial charge in [0, 0.05) is 25.9 Å². The first-order chi connectivity index (χ1) is 7.70. The first-order valence-electron chi connectivity index (χ1n) is 5.25. The minimum Gasteiger partial charge on any atom is -0.424 e. The van der Waals surface area contributed by atoms with Gasteiger partial charge in [0.2, 0.25) is 11.8 Å². The van der Waals surface area contributed by atoms with Crippen LogP contribution in [0.5, 0.6) is 0 Å². The van der Waals surface area contributed by atoms with Crippen molar-refractivity contribution in [1.82, 2.24) is 19.3 Å². The summed E-state index contributed by atoms with van der Waals surface area (Å²) in [6.45, 7) is 4.82. The second-order valence-corrected chi connectivity index (χ2v) is 3.62.